The molecule has 1 heterocycles. The van der Waals surface area contributed by atoms with Crippen LogP contribution in [0.15, 0.2) is 5.51 Å². The Morgan fingerprint density at radius 1 is 1.82 bits per heavy atom. The molecule has 2 nitrogen and oxygen atoms in total. The molecule has 11 heavy (non-hydrogen) atoms. The van der Waals surface area contributed by atoms with Gasteiger partial charge < -0.3 is 5.73 Å². The highest BCUT2D eigenvalue weighted by atomic mass is 32.1. The van der Waals surface area contributed by atoms with E-state index in [0.29, 0.717) is 0 Å². The van der Waals surface area contributed by atoms with E-state index in [2.05, 4.69) is 11.9 Å². The minimum absolute atomic E-state index is 0.743. The molecule has 0 unspecified atom stereocenters. The third kappa shape index (κ3) is 1.19. The minimum Gasteiger partial charge on any atom is -0.330 e. The third-order valence-electron chi connectivity index (χ3n) is 2.34. The Balaban J connectivity index is 2.14. The van der Waals surface area contributed by atoms with Gasteiger partial charge in [-0.05, 0) is 31.7 Å². The van der Waals surface area contributed by atoms with Crippen LogP contribution in [0.3, 0.4) is 0 Å². The lowest BCUT2D eigenvalue weighted by molar-refractivity contribution is 0.812. The molecule has 2 atom stereocenters. The molecular formula is C8H12N2S. The van der Waals surface area contributed by atoms with Crippen LogP contribution in [0.4, 0.5) is 0 Å². The van der Waals surface area contributed by atoms with Gasteiger partial charge in [-0.15, -0.1) is 11.3 Å². The zero-order valence-electron chi connectivity index (χ0n) is 6.58. The van der Waals surface area contributed by atoms with Crippen LogP contribution < -0.4 is 5.73 Å². The standard InChI is InChI=1S/C8H12N2S/c1-5-8(11-4-10-5)7-2-6(7)3-9/h4,6-7H,2-3,9H2,1H3/t6-,7+/m0/s1. The summed E-state index contributed by atoms with van der Waals surface area (Å²) < 4.78 is 0. The van der Waals surface area contributed by atoms with Gasteiger partial charge in [-0.2, -0.15) is 0 Å². The van der Waals surface area contributed by atoms with E-state index in [1.54, 1.807) is 11.3 Å². The molecule has 1 aromatic rings. The molecule has 0 aromatic carbocycles. The van der Waals surface area contributed by atoms with Gasteiger partial charge in [-0.25, -0.2) is 4.98 Å². The first kappa shape index (κ1) is 7.25. The second kappa shape index (κ2) is 2.57. The topological polar surface area (TPSA) is 38.9 Å². The number of hydrogen-bond donors (Lipinski definition) is 1. The average molecular weight is 168 g/mol. The number of rotatable bonds is 2. The molecular weight excluding hydrogens is 156 g/mol. The lowest BCUT2D eigenvalue weighted by Crippen LogP contribution is -2.01. The van der Waals surface area contributed by atoms with Gasteiger partial charge in [0.25, 0.3) is 0 Å². The Bertz CT molecular complexity index is 256. The van der Waals surface area contributed by atoms with Crippen molar-refractivity contribution < 1.29 is 0 Å². The Morgan fingerprint density at radius 2 is 2.64 bits per heavy atom. The van der Waals surface area contributed by atoms with Crippen molar-refractivity contribution in [2.24, 2.45) is 11.7 Å². The van der Waals surface area contributed by atoms with Gasteiger partial charge in [0.05, 0.1) is 11.2 Å². The summed E-state index contributed by atoms with van der Waals surface area (Å²) in [7, 11) is 0. The Hall–Kier alpha value is -0.410. The predicted octanol–water partition coefficient (Wildman–Crippen LogP) is 1.51. The normalized spacial score (nSPS) is 28.9. The molecule has 0 aliphatic heterocycles. The molecule has 60 valence electrons. The minimum atomic E-state index is 0.743. The summed E-state index contributed by atoms with van der Waals surface area (Å²) in [5, 5.41) is 0. The van der Waals surface area contributed by atoms with E-state index in [4.69, 9.17) is 5.73 Å². The summed E-state index contributed by atoms with van der Waals surface area (Å²) in [4.78, 5) is 5.68. The van der Waals surface area contributed by atoms with Crippen molar-refractivity contribution in [3.05, 3.63) is 16.1 Å². The van der Waals surface area contributed by atoms with Gasteiger partial charge in [0, 0.05) is 4.88 Å². The smallest absolute Gasteiger partial charge is 0.0797 e. The van der Waals surface area contributed by atoms with Crippen molar-refractivity contribution in [2.45, 2.75) is 19.3 Å². The summed E-state index contributed by atoms with van der Waals surface area (Å²) in [6.07, 6.45) is 1.28. The van der Waals surface area contributed by atoms with Crippen LogP contribution in [0.25, 0.3) is 0 Å². The lowest BCUT2D eigenvalue weighted by atomic mass is 10.2. The van der Waals surface area contributed by atoms with Gasteiger partial charge in [0.2, 0.25) is 0 Å². The van der Waals surface area contributed by atoms with Crippen molar-refractivity contribution in [3.8, 4) is 0 Å². The largest absolute Gasteiger partial charge is 0.330 e. The quantitative estimate of drug-likeness (QED) is 0.727. The highest BCUT2D eigenvalue weighted by Gasteiger charge is 2.38. The van der Waals surface area contributed by atoms with Crippen molar-refractivity contribution in [2.75, 3.05) is 6.54 Å². The lowest BCUT2D eigenvalue weighted by Gasteiger charge is -1.93. The molecule has 0 bridgehead atoms. The summed E-state index contributed by atoms with van der Waals surface area (Å²) in [5.41, 5.74) is 8.70. The summed E-state index contributed by atoms with van der Waals surface area (Å²) >= 11 is 1.77. The first-order chi connectivity index (χ1) is 5.33. The van der Waals surface area contributed by atoms with Gasteiger partial charge >= 0.3 is 0 Å². The number of nitrogens with two attached hydrogens (primary N) is 1. The van der Waals surface area contributed by atoms with Crippen LogP contribution in [0, 0.1) is 12.8 Å². The molecule has 0 spiro atoms. The first-order valence-electron chi connectivity index (χ1n) is 3.93. The second-order valence-electron chi connectivity index (χ2n) is 3.14. The van der Waals surface area contributed by atoms with E-state index in [1.807, 2.05) is 5.51 Å². The van der Waals surface area contributed by atoms with E-state index >= 15 is 0 Å². The molecule has 1 saturated carbocycles. The van der Waals surface area contributed by atoms with Crippen LogP contribution in [0.1, 0.15) is 22.9 Å². The summed E-state index contributed by atoms with van der Waals surface area (Å²) in [6, 6.07) is 0. The Morgan fingerprint density at radius 3 is 3.09 bits per heavy atom. The SMILES string of the molecule is Cc1ncsc1[C@@H]1C[C@H]1CN. The second-order valence-corrected chi connectivity index (χ2v) is 4.03. The van der Waals surface area contributed by atoms with Crippen LogP contribution in [-0.4, -0.2) is 11.5 Å². The van der Waals surface area contributed by atoms with Crippen molar-refractivity contribution >= 4 is 11.3 Å². The van der Waals surface area contributed by atoms with Gasteiger partial charge in [-0.1, -0.05) is 0 Å². The first-order valence-corrected chi connectivity index (χ1v) is 4.81. The van der Waals surface area contributed by atoms with Gasteiger partial charge in [0.15, 0.2) is 0 Å². The number of aryl methyl sites for hydroxylation is 1. The average Bonchev–Trinajstić information content (AvgIpc) is 2.68. The van der Waals surface area contributed by atoms with E-state index in [9.17, 15) is 0 Å². The maximum atomic E-state index is 5.56. The van der Waals surface area contributed by atoms with E-state index < -0.39 is 0 Å². The molecule has 1 fully saturated rings. The maximum Gasteiger partial charge on any atom is 0.0797 e. The molecule has 2 rings (SSSR count). The Kier molecular flexibility index (Phi) is 1.69. The van der Waals surface area contributed by atoms with Crippen molar-refractivity contribution in [1.82, 2.24) is 4.98 Å². The van der Waals surface area contributed by atoms with Gasteiger partial charge in [-0.3, -0.25) is 0 Å². The molecule has 0 saturated heterocycles. The molecule has 3 heteroatoms. The number of nitrogens with zero attached hydrogens (tertiary/aromatic N) is 1. The van der Waals surface area contributed by atoms with Crippen molar-refractivity contribution in [1.29, 1.82) is 0 Å². The number of hydrogen-bond acceptors (Lipinski definition) is 3. The zero-order chi connectivity index (χ0) is 7.84. The summed E-state index contributed by atoms with van der Waals surface area (Å²) in [5.74, 6) is 1.49. The fourth-order valence-corrected chi connectivity index (χ4v) is 2.51. The van der Waals surface area contributed by atoms with E-state index in [1.165, 1.54) is 17.0 Å². The highest BCUT2D eigenvalue weighted by molar-refractivity contribution is 7.09. The molecule has 1 aromatic heterocycles. The third-order valence-corrected chi connectivity index (χ3v) is 3.41. The van der Waals surface area contributed by atoms with Gasteiger partial charge in [0.1, 0.15) is 0 Å². The number of aromatic nitrogens is 1. The molecule has 0 radical (unpaired) electrons. The fraction of sp³-hybridized carbons (Fsp3) is 0.625. The van der Waals surface area contributed by atoms with Crippen molar-refractivity contribution in [3.63, 3.8) is 0 Å². The highest BCUT2D eigenvalue weighted by Crippen LogP contribution is 2.48. The van der Waals surface area contributed by atoms with E-state index in [0.717, 1.165) is 18.4 Å². The van der Waals surface area contributed by atoms with E-state index in [-0.39, 0.29) is 0 Å². The van der Waals surface area contributed by atoms with Crippen LogP contribution in [0.5, 0.6) is 0 Å². The predicted molar refractivity (Wildman–Crippen MR) is 46.8 cm³/mol. The molecule has 1 aliphatic rings. The zero-order valence-corrected chi connectivity index (χ0v) is 7.40. The Labute approximate surface area is 70.5 Å². The maximum absolute atomic E-state index is 5.56. The van der Waals surface area contributed by atoms with Crippen LogP contribution in [0.2, 0.25) is 0 Å². The molecule has 1 aliphatic carbocycles. The van der Waals surface area contributed by atoms with Crippen LogP contribution >= 0.6 is 11.3 Å². The monoisotopic (exact) mass is 168 g/mol. The van der Waals surface area contributed by atoms with Crippen LogP contribution in [-0.2, 0) is 0 Å². The fourth-order valence-electron chi connectivity index (χ4n) is 1.50. The summed E-state index contributed by atoms with van der Waals surface area (Å²) in [6.45, 7) is 2.92. The molecule has 2 N–H and O–H groups in total. The number of thiazole rings is 1. The molecule has 0 amide bonds.